The summed E-state index contributed by atoms with van der Waals surface area (Å²) in [6.45, 7) is 2.01. The highest BCUT2D eigenvalue weighted by molar-refractivity contribution is 7.98. The number of anilines is 3. The maximum Gasteiger partial charge on any atom is 0.407 e. The summed E-state index contributed by atoms with van der Waals surface area (Å²) in [5, 5.41) is 12.5. The standard InChI is InChI=1S/C18H21ClN6O4S/c1-29-12-9-10(24-5-7-25(8-6-24)18(27)28)3-4-11(12)21-16-13(15(20)26)14(19)22-17(23-16)30-2/h3-4,9H,5-8H2,1-2H3,(H2,20,26)(H,27,28)(H,21,22,23). The van der Waals surface area contributed by atoms with E-state index in [-0.39, 0.29) is 16.5 Å². The topological polar surface area (TPSA) is 134 Å². The lowest BCUT2D eigenvalue weighted by molar-refractivity contribution is 0.1000. The molecule has 2 amide bonds. The van der Waals surface area contributed by atoms with Gasteiger partial charge >= 0.3 is 6.09 Å². The van der Waals surface area contributed by atoms with Crippen molar-refractivity contribution >= 4 is 52.6 Å². The van der Waals surface area contributed by atoms with E-state index in [1.807, 2.05) is 12.1 Å². The number of halogens is 1. The zero-order valence-electron chi connectivity index (χ0n) is 16.4. The minimum absolute atomic E-state index is 0.00890. The number of nitrogens with two attached hydrogens (primary N) is 1. The van der Waals surface area contributed by atoms with Crippen LogP contribution < -0.4 is 20.7 Å². The number of piperazine rings is 1. The number of ether oxygens (including phenoxy) is 1. The minimum Gasteiger partial charge on any atom is -0.494 e. The Morgan fingerprint density at radius 1 is 1.27 bits per heavy atom. The number of nitrogens with one attached hydrogen (secondary N) is 1. The third-order valence-corrected chi connectivity index (χ3v) is 5.45. The molecule has 1 aromatic carbocycles. The smallest absolute Gasteiger partial charge is 0.407 e. The van der Waals surface area contributed by atoms with Gasteiger partial charge in [-0.15, -0.1) is 0 Å². The number of thioether (sulfide) groups is 1. The van der Waals surface area contributed by atoms with Crippen molar-refractivity contribution in [2.24, 2.45) is 5.73 Å². The van der Waals surface area contributed by atoms with Crippen LogP contribution in [0.4, 0.5) is 22.0 Å². The molecule has 1 fully saturated rings. The summed E-state index contributed by atoms with van der Waals surface area (Å²) in [5.74, 6) is -0.0426. The van der Waals surface area contributed by atoms with E-state index >= 15 is 0 Å². The molecule has 2 aromatic rings. The number of amides is 2. The fourth-order valence-electron chi connectivity index (χ4n) is 3.08. The molecule has 0 saturated carbocycles. The second-order valence-electron chi connectivity index (χ2n) is 6.36. The van der Waals surface area contributed by atoms with Gasteiger partial charge in [-0.2, -0.15) is 0 Å². The highest BCUT2D eigenvalue weighted by atomic mass is 35.5. The summed E-state index contributed by atoms with van der Waals surface area (Å²) < 4.78 is 5.50. The van der Waals surface area contributed by atoms with Crippen LogP contribution in [0.1, 0.15) is 10.4 Å². The number of primary amides is 1. The van der Waals surface area contributed by atoms with Gasteiger partial charge in [-0.3, -0.25) is 4.79 Å². The Morgan fingerprint density at radius 2 is 1.97 bits per heavy atom. The molecule has 4 N–H and O–H groups in total. The Labute approximate surface area is 182 Å². The number of hydrogen-bond acceptors (Lipinski definition) is 8. The third-order valence-electron chi connectivity index (χ3n) is 4.63. The molecule has 1 saturated heterocycles. The quantitative estimate of drug-likeness (QED) is 0.343. The maximum atomic E-state index is 11.8. The molecule has 10 nitrogen and oxygen atoms in total. The number of carbonyl (C=O) groups excluding carboxylic acids is 1. The van der Waals surface area contributed by atoms with E-state index in [2.05, 4.69) is 20.2 Å². The summed E-state index contributed by atoms with van der Waals surface area (Å²) in [6, 6.07) is 5.50. The van der Waals surface area contributed by atoms with Gasteiger partial charge in [-0.05, 0) is 18.4 Å². The highest BCUT2D eigenvalue weighted by Gasteiger charge is 2.22. The van der Waals surface area contributed by atoms with E-state index in [0.29, 0.717) is 42.8 Å². The SMILES string of the molecule is COc1cc(N2CCN(C(=O)O)CC2)ccc1Nc1nc(SC)nc(Cl)c1C(N)=O. The molecule has 0 unspecified atom stereocenters. The molecule has 0 radical (unpaired) electrons. The first kappa shape index (κ1) is 21.8. The average molecular weight is 453 g/mol. The fourth-order valence-corrected chi connectivity index (χ4v) is 3.76. The predicted octanol–water partition coefficient (Wildman–Crippen LogP) is 2.50. The van der Waals surface area contributed by atoms with Gasteiger partial charge in [0.15, 0.2) is 5.16 Å². The van der Waals surface area contributed by atoms with Crippen LogP contribution in [0.5, 0.6) is 5.75 Å². The predicted molar refractivity (Wildman–Crippen MR) is 115 cm³/mol. The Balaban J connectivity index is 1.87. The zero-order valence-corrected chi connectivity index (χ0v) is 18.0. The minimum atomic E-state index is -0.912. The average Bonchev–Trinajstić information content (AvgIpc) is 2.73. The molecule has 1 aliphatic rings. The molecule has 0 aliphatic carbocycles. The molecule has 0 atom stereocenters. The fraction of sp³-hybridized carbons (Fsp3) is 0.333. The van der Waals surface area contributed by atoms with Crippen molar-refractivity contribution in [2.75, 3.05) is 49.8 Å². The highest BCUT2D eigenvalue weighted by Crippen LogP contribution is 2.34. The second-order valence-corrected chi connectivity index (χ2v) is 7.49. The van der Waals surface area contributed by atoms with E-state index in [0.717, 1.165) is 5.69 Å². The molecule has 30 heavy (non-hydrogen) atoms. The molecule has 1 aliphatic heterocycles. The van der Waals surface area contributed by atoms with Gasteiger partial charge in [-0.1, -0.05) is 23.4 Å². The zero-order chi connectivity index (χ0) is 21.8. The second kappa shape index (κ2) is 9.26. The van der Waals surface area contributed by atoms with Gasteiger partial charge < -0.3 is 30.7 Å². The number of methoxy groups -OCH3 is 1. The van der Waals surface area contributed by atoms with Crippen molar-refractivity contribution in [3.8, 4) is 5.75 Å². The van der Waals surface area contributed by atoms with Crippen LogP contribution in [0, 0.1) is 0 Å². The summed E-state index contributed by atoms with van der Waals surface area (Å²) in [7, 11) is 1.53. The Morgan fingerprint density at radius 3 is 2.53 bits per heavy atom. The monoisotopic (exact) mass is 452 g/mol. The molecular formula is C18H21ClN6O4S. The third kappa shape index (κ3) is 4.62. The number of carbonyl (C=O) groups is 2. The number of hydrogen-bond donors (Lipinski definition) is 3. The van der Waals surface area contributed by atoms with Gasteiger partial charge in [0.05, 0.1) is 12.8 Å². The first-order chi connectivity index (χ1) is 14.3. The van der Waals surface area contributed by atoms with Crippen LogP contribution >= 0.6 is 23.4 Å². The van der Waals surface area contributed by atoms with Gasteiger partial charge in [-0.25, -0.2) is 14.8 Å². The molecular weight excluding hydrogens is 432 g/mol. The van der Waals surface area contributed by atoms with E-state index in [4.69, 9.17) is 27.2 Å². The summed E-state index contributed by atoms with van der Waals surface area (Å²) in [5.41, 5.74) is 6.90. The molecule has 0 spiro atoms. The van der Waals surface area contributed by atoms with Crippen LogP contribution in [0.3, 0.4) is 0 Å². The number of benzene rings is 1. The van der Waals surface area contributed by atoms with Crippen molar-refractivity contribution in [3.05, 3.63) is 28.9 Å². The molecule has 2 heterocycles. The Bertz CT molecular complexity index is 968. The normalized spacial score (nSPS) is 13.8. The lowest BCUT2D eigenvalue weighted by Gasteiger charge is -2.34. The molecule has 3 rings (SSSR count). The van der Waals surface area contributed by atoms with Crippen molar-refractivity contribution in [2.45, 2.75) is 5.16 Å². The Hall–Kier alpha value is -2.92. The van der Waals surface area contributed by atoms with E-state index in [9.17, 15) is 9.59 Å². The number of rotatable bonds is 6. The Kier molecular flexibility index (Phi) is 6.73. The number of aromatic nitrogens is 2. The van der Waals surface area contributed by atoms with Crippen LogP contribution in [0.15, 0.2) is 23.4 Å². The van der Waals surface area contributed by atoms with E-state index in [1.54, 1.807) is 12.3 Å². The van der Waals surface area contributed by atoms with Crippen molar-refractivity contribution in [1.82, 2.24) is 14.9 Å². The van der Waals surface area contributed by atoms with Crippen molar-refractivity contribution < 1.29 is 19.4 Å². The van der Waals surface area contributed by atoms with E-state index < -0.39 is 12.0 Å². The summed E-state index contributed by atoms with van der Waals surface area (Å²) >= 11 is 7.40. The molecule has 1 aromatic heterocycles. The van der Waals surface area contributed by atoms with Gasteiger partial charge in [0.25, 0.3) is 5.91 Å². The van der Waals surface area contributed by atoms with Crippen LogP contribution in [-0.2, 0) is 0 Å². The van der Waals surface area contributed by atoms with Crippen molar-refractivity contribution in [3.63, 3.8) is 0 Å². The first-order valence-corrected chi connectivity index (χ1v) is 10.5. The van der Waals surface area contributed by atoms with Crippen LogP contribution in [0.25, 0.3) is 0 Å². The maximum absolute atomic E-state index is 11.8. The number of carboxylic acid groups (broad SMARTS) is 1. The summed E-state index contributed by atoms with van der Waals surface area (Å²) in [4.78, 5) is 34.8. The van der Waals surface area contributed by atoms with Crippen molar-refractivity contribution in [1.29, 1.82) is 0 Å². The van der Waals surface area contributed by atoms with Gasteiger partial charge in [0.2, 0.25) is 0 Å². The van der Waals surface area contributed by atoms with Gasteiger partial charge in [0, 0.05) is 37.9 Å². The van der Waals surface area contributed by atoms with Gasteiger partial charge in [0.1, 0.15) is 22.3 Å². The largest absolute Gasteiger partial charge is 0.494 e. The lowest BCUT2D eigenvalue weighted by Crippen LogP contribution is -2.48. The van der Waals surface area contributed by atoms with Crippen LogP contribution in [-0.4, -0.2) is 71.5 Å². The lowest BCUT2D eigenvalue weighted by atomic mass is 10.2. The molecule has 160 valence electrons. The first-order valence-electron chi connectivity index (χ1n) is 8.93. The van der Waals surface area contributed by atoms with Crippen LogP contribution in [0.2, 0.25) is 5.15 Å². The number of nitrogens with zero attached hydrogens (tertiary/aromatic N) is 4. The molecule has 0 bridgehead atoms. The summed E-state index contributed by atoms with van der Waals surface area (Å²) in [6.07, 6.45) is 0.879. The molecule has 12 heteroatoms. The van der Waals surface area contributed by atoms with E-state index in [1.165, 1.54) is 23.8 Å².